The van der Waals surface area contributed by atoms with Crippen molar-refractivity contribution in [2.24, 2.45) is 0 Å². The Hall–Kier alpha value is -5.55. The fourth-order valence-corrected chi connectivity index (χ4v) is 5.19. The number of anilines is 2. The van der Waals surface area contributed by atoms with Crippen molar-refractivity contribution in [3.8, 4) is 11.5 Å². The average Bonchev–Trinajstić information content (AvgIpc) is 3.05. The Balaban J connectivity index is 1.53. The molecule has 0 aliphatic heterocycles. The number of thioether (sulfide) groups is 1. The number of aromatic carboxylic acids is 1. The number of methoxy groups -OCH3 is 2. The molecule has 4 N–H and O–H groups in total. The molecule has 0 fully saturated rings. The number of ether oxygens (including phenoxy) is 2. The lowest BCUT2D eigenvalue weighted by atomic mass is 10.1. The average molecular weight is 640 g/mol. The number of rotatable bonds is 12. The summed E-state index contributed by atoms with van der Waals surface area (Å²) in [6.45, 7) is 3.50. The topological polar surface area (TPSA) is 143 Å². The zero-order chi connectivity index (χ0) is 33.2. The van der Waals surface area contributed by atoms with Crippen LogP contribution in [0.4, 0.5) is 11.4 Å². The molecule has 3 amide bonds. The molecule has 1 unspecified atom stereocenters. The number of carboxylic acids is 1. The van der Waals surface area contributed by atoms with Crippen LogP contribution in [0.15, 0.2) is 102 Å². The molecular weight excluding hydrogens is 606 g/mol. The molecule has 46 heavy (non-hydrogen) atoms. The maximum atomic E-state index is 13.6. The first-order chi connectivity index (χ1) is 22.1. The second-order valence-electron chi connectivity index (χ2n) is 10.1. The van der Waals surface area contributed by atoms with Gasteiger partial charge in [-0.1, -0.05) is 30.3 Å². The van der Waals surface area contributed by atoms with Crippen molar-refractivity contribution >= 4 is 52.9 Å². The summed E-state index contributed by atoms with van der Waals surface area (Å²) in [5.41, 5.74) is 2.55. The van der Waals surface area contributed by atoms with Crippen molar-refractivity contribution in [2.45, 2.75) is 24.0 Å². The molecular formula is C35H33N3O7S. The lowest BCUT2D eigenvalue weighted by Crippen LogP contribution is -2.30. The summed E-state index contributed by atoms with van der Waals surface area (Å²) in [5, 5.41) is 17.1. The van der Waals surface area contributed by atoms with E-state index in [0.29, 0.717) is 38.9 Å². The highest BCUT2D eigenvalue weighted by Crippen LogP contribution is 2.29. The Morgan fingerprint density at radius 1 is 0.826 bits per heavy atom. The molecule has 1 atom stereocenters. The first-order valence-electron chi connectivity index (χ1n) is 14.1. The molecule has 0 spiro atoms. The van der Waals surface area contributed by atoms with Gasteiger partial charge in [0.25, 0.3) is 11.8 Å². The van der Waals surface area contributed by atoms with Crippen LogP contribution in [0.25, 0.3) is 6.08 Å². The predicted octanol–water partition coefficient (Wildman–Crippen LogP) is 6.24. The van der Waals surface area contributed by atoms with Gasteiger partial charge in [0.2, 0.25) is 5.91 Å². The smallest absolute Gasteiger partial charge is 0.335 e. The van der Waals surface area contributed by atoms with Gasteiger partial charge < -0.3 is 30.5 Å². The number of amides is 3. The summed E-state index contributed by atoms with van der Waals surface area (Å²) < 4.78 is 10.7. The monoisotopic (exact) mass is 639 g/mol. The molecule has 0 heterocycles. The van der Waals surface area contributed by atoms with Crippen LogP contribution in [0.2, 0.25) is 0 Å². The molecule has 10 nitrogen and oxygen atoms in total. The maximum Gasteiger partial charge on any atom is 0.335 e. The Morgan fingerprint density at radius 2 is 1.59 bits per heavy atom. The predicted molar refractivity (Wildman–Crippen MR) is 179 cm³/mol. The van der Waals surface area contributed by atoms with E-state index in [4.69, 9.17) is 9.47 Å². The standard InChI is InChI=1S/C35H33N3O7S/c1-21-13-14-25(35(42)43)18-29(21)37-32(39)22(2)46-28-12-8-11-26(19-28)36-34(41)30(38-33(40)23-9-6-5-7-10-23)17-24-15-16-27(44-3)20-31(24)45-4/h5-20,22H,1-4H3,(H,36,41)(H,37,39)(H,38,40)(H,42,43)/b30-17+. The quantitative estimate of drug-likeness (QED) is 0.105. The molecule has 0 saturated carbocycles. The summed E-state index contributed by atoms with van der Waals surface area (Å²) in [6.07, 6.45) is 1.51. The van der Waals surface area contributed by atoms with E-state index in [1.807, 2.05) is 0 Å². The van der Waals surface area contributed by atoms with E-state index < -0.39 is 23.0 Å². The normalized spacial score (nSPS) is 11.6. The number of aryl methyl sites for hydroxylation is 1. The third-order valence-corrected chi connectivity index (χ3v) is 7.88. The number of carbonyl (C=O) groups excluding carboxylic acids is 3. The van der Waals surface area contributed by atoms with Crippen molar-refractivity contribution in [1.29, 1.82) is 0 Å². The summed E-state index contributed by atoms with van der Waals surface area (Å²) >= 11 is 1.26. The van der Waals surface area contributed by atoms with Crippen molar-refractivity contribution < 1.29 is 33.8 Å². The summed E-state index contributed by atoms with van der Waals surface area (Å²) in [5.74, 6) is -1.44. The molecule has 0 aromatic heterocycles. The molecule has 4 aromatic rings. The van der Waals surface area contributed by atoms with Gasteiger partial charge in [-0.05, 0) is 80.1 Å². The fraction of sp³-hybridized carbons (Fsp3) is 0.143. The highest BCUT2D eigenvalue weighted by molar-refractivity contribution is 8.00. The molecule has 0 radical (unpaired) electrons. The number of hydrogen-bond acceptors (Lipinski definition) is 7. The van der Waals surface area contributed by atoms with Crippen LogP contribution in [0.3, 0.4) is 0 Å². The molecule has 236 valence electrons. The van der Waals surface area contributed by atoms with E-state index in [0.717, 1.165) is 5.56 Å². The van der Waals surface area contributed by atoms with Gasteiger partial charge in [0.1, 0.15) is 17.2 Å². The van der Waals surface area contributed by atoms with E-state index >= 15 is 0 Å². The van der Waals surface area contributed by atoms with Crippen LogP contribution in [0.1, 0.15) is 38.8 Å². The number of nitrogens with one attached hydrogen (secondary N) is 3. The number of hydrogen-bond donors (Lipinski definition) is 4. The molecule has 4 rings (SSSR count). The molecule has 4 aromatic carbocycles. The summed E-state index contributed by atoms with van der Waals surface area (Å²) in [4.78, 5) is 51.7. The van der Waals surface area contributed by atoms with E-state index in [9.17, 15) is 24.3 Å². The van der Waals surface area contributed by atoms with Crippen LogP contribution in [-0.2, 0) is 9.59 Å². The third-order valence-electron chi connectivity index (χ3n) is 6.79. The number of carbonyl (C=O) groups is 4. The Labute approximate surface area is 270 Å². The third kappa shape index (κ3) is 8.76. The number of benzene rings is 4. The fourth-order valence-electron chi connectivity index (χ4n) is 4.26. The van der Waals surface area contributed by atoms with Gasteiger partial charge in [0.15, 0.2) is 0 Å². The van der Waals surface area contributed by atoms with Gasteiger partial charge in [-0.3, -0.25) is 14.4 Å². The van der Waals surface area contributed by atoms with Crippen molar-refractivity contribution in [3.05, 3.63) is 119 Å². The minimum absolute atomic E-state index is 0.0258. The van der Waals surface area contributed by atoms with Gasteiger partial charge in [0, 0.05) is 33.5 Å². The highest BCUT2D eigenvalue weighted by Gasteiger charge is 2.19. The SMILES string of the molecule is COc1ccc(/C=C(/NC(=O)c2ccccc2)C(=O)Nc2cccc(SC(C)C(=O)Nc3cc(C(=O)O)ccc3C)c2)c(OC)c1. The van der Waals surface area contributed by atoms with Crippen molar-refractivity contribution in [3.63, 3.8) is 0 Å². The zero-order valence-electron chi connectivity index (χ0n) is 25.6. The van der Waals surface area contributed by atoms with E-state index in [2.05, 4.69) is 16.0 Å². The van der Waals surface area contributed by atoms with Crippen molar-refractivity contribution in [1.82, 2.24) is 5.32 Å². The lowest BCUT2D eigenvalue weighted by Gasteiger charge is -2.15. The van der Waals surface area contributed by atoms with Crippen LogP contribution in [-0.4, -0.2) is 48.3 Å². The van der Waals surface area contributed by atoms with Gasteiger partial charge in [-0.2, -0.15) is 0 Å². The minimum atomic E-state index is -1.09. The first kappa shape index (κ1) is 33.3. The Morgan fingerprint density at radius 3 is 2.28 bits per heavy atom. The van der Waals surface area contributed by atoms with Gasteiger partial charge in [-0.15, -0.1) is 11.8 Å². The highest BCUT2D eigenvalue weighted by atomic mass is 32.2. The minimum Gasteiger partial charge on any atom is -0.497 e. The lowest BCUT2D eigenvalue weighted by molar-refractivity contribution is -0.115. The zero-order valence-corrected chi connectivity index (χ0v) is 26.4. The van der Waals surface area contributed by atoms with Gasteiger partial charge in [0.05, 0.1) is 25.0 Å². The number of carboxylic acid groups (broad SMARTS) is 1. The first-order valence-corrected chi connectivity index (χ1v) is 15.0. The van der Waals surface area contributed by atoms with Crippen LogP contribution >= 0.6 is 11.8 Å². The molecule has 0 aliphatic carbocycles. The molecule has 0 aliphatic rings. The van der Waals surface area contributed by atoms with E-state index in [1.165, 1.54) is 44.2 Å². The maximum absolute atomic E-state index is 13.6. The van der Waals surface area contributed by atoms with Crippen molar-refractivity contribution in [2.75, 3.05) is 24.9 Å². The van der Waals surface area contributed by atoms with E-state index in [-0.39, 0.29) is 17.2 Å². The second kappa shape index (κ2) is 15.4. The van der Waals surface area contributed by atoms with Gasteiger partial charge in [-0.25, -0.2) is 4.79 Å². The van der Waals surface area contributed by atoms with Crippen LogP contribution in [0, 0.1) is 6.92 Å². The largest absolute Gasteiger partial charge is 0.497 e. The molecule has 11 heteroatoms. The van der Waals surface area contributed by atoms with Crippen LogP contribution < -0.4 is 25.4 Å². The Kier molecular flexibility index (Phi) is 11.2. The van der Waals surface area contributed by atoms with E-state index in [1.54, 1.807) is 92.7 Å². The molecule has 0 saturated heterocycles. The van der Waals surface area contributed by atoms with Crippen LogP contribution in [0.5, 0.6) is 11.5 Å². The Bertz CT molecular complexity index is 1790. The summed E-state index contributed by atoms with van der Waals surface area (Å²) in [6, 6.07) is 25.1. The van der Waals surface area contributed by atoms with Gasteiger partial charge >= 0.3 is 5.97 Å². The summed E-state index contributed by atoms with van der Waals surface area (Å²) in [7, 11) is 3.02. The molecule has 0 bridgehead atoms. The second-order valence-corrected chi connectivity index (χ2v) is 11.5.